The van der Waals surface area contributed by atoms with E-state index in [0.29, 0.717) is 17.3 Å². The maximum Gasteiger partial charge on any atom is 0.262 e. The minimum absolute atomic E-state index is 0.299. The average Bonchev–Trinajstić information content (AvgIpc) is 2.88. The summed E-state index contributed by atoms with van der Waals surface area (Å²) in [4.78, 5) is -0.352. The Morgan fingerprint density at radius 3 is 2.62 bits per heavy atom. The predicted molar refractivity (Wildman–Crippen MR) is 72.4 cm³/mol. The summed E-state index contributed by atoms with van der Waals surface area (Å²) in [5.74, 6) is -2.32. The third-order valence-electron chi connectivity index (χ3n) is 2.85. The molecule has 0 fully saturated rings. The predicted octanol–water partition coefficient (Wildman–Crippen LogP) is 2.41. The molecule has 3 rings (SSSR count). The fourth-order valence-electron chi connectivity index (χ4n) is 1.84. The summed E-state index contributed by atoms with van der Waals surface area (Å²) in [5, 5.41) is 3.98. The van der Waals surface area contributed by atoms with Crippen molar-refractivity contribution in [2.24, 2.45) is 0 Å². The van der Waals surface area contributed by atoms with Gasteiger partial charge >= 0.3 is 0 Å². The molecule has 1 aromatic carbocycles. The van der Waals surface area contributed by atoms with Gasteiger partial charge in [0.05, 0.1) is 16.1 Å². The van der Waals surface area contributed by atoms with Crippen molar-refractivity contribution in [3.63, 3.8) is 0 Å². The highest BCUT2D eigenvalue weighted by atomic mass is 32.2. The first kappa shape index (κ1) is 13.5. The molecular formula is C13H9F2N3O2S. The number of halogens is 2. The van der Waals surface area contributed by atoms with E-state index in [2.05, 4.69) is 9.82 Å². The van der Waals surface area contributed by atoms with Crippen molar-refractivity contribution in [2.75, 3.05) is 4.72 Å². The van der Waals surface area contributed by atoms with E-state index >= 15 is 0 Å². The SMILES string of the molecule is O=S(=O)(Nc1ccn2nccc2c1)c1ccc(F)c(F)c1. The smallest absolute Gasteiger partial charge is 0.262 e. The zero-order valence-electron chi connectivity index (χ0n) is 10.5. The number of nitrogens with zero attached hydrogens (tertiary/aromatic N) is 2. The highest BCUT2D eigenvalue weighted by Crippen LogP contribution is 2.19. The summed E-state index contributed by atoms with van der Waals surface area (Å²) in [6.45, 7) is 0. The van der Waals surface area contributed by atoms with Gasteiger partial charge in [0.15, 0.2) is 11.6 Å². The Morgan fingerprint density at radius 1 is 1.05 bits per heavy atom. The summed E-state index contributed by atoms with van der Waals surface area (Å²) in [7, 11) is -3.99. The minimum Gasteiger partial charge on any atom is -0.279 e. The molecular weight excluding hydrogens is 300 g/mol. The standard InChI is InChI=1S/C13H9F2N3O2S/c14-12-2-1-11(8-13(12)15)21(19,20)17-9-4-6-18-10(7-9)3-5-16-18/h1-8,17H. The van der Waals surface area contributed by atoms with E-state index in [1.165, 1.54) is 6.07 Å². The maximum atomic E-state index is 13.1. The summed E-state index contributed by atoms with van der Waals surface area (Å²) < 4.78 is 54.1. The van der Waals surface area contributed by atoms with Crippen molar-refractivity contribution < 1.29 is 17.2 Å². The zero-order valence-corrected chi connectivity index (χ0v) is 11.3. The van der Waals surface area contributed by atoms with Crippen molar-refractivity contribution in [1.82, 2.24) is 9.61 Å². The van der Waals surface area contributed by atoms with Gasteiger partial charge in [-0.3, -0.25) is 4.72 Å². The van der Waals surface area contributed by atoms with Crippen LogP contribution in [0.1, 0.15) is 0 Å². The number of nitrogens with one attached hydrogen (secondary N) is 1. The minimum atomic E-state index is -3.99. The van der Waals surface area contributed by atoms with Gasteiger partial charge in [-0.05, 0) is 36.4 Å². The monoisotopic (exact) mass is 309 g/mol. The van der Waals surface area contributed by atoms with E-state index < -0.39 is 21.7 Å². The molecule has 3 aromatic rings. The quantitative estimate of drug-likeness (QED) is 0.808. The largest absolute Gasteiger partial charge is 0.279 e. The van der Waals surface area contributed by atoms with Crippen molar-refractivity contribution in [1.29, 1.82) is 0 Å². The molecule has 0 aliphatic carbocycles. The van der Waals surface area contributed by atoms with Gasteiger partial charge in [0.2, 0.25) is 0 Å². The van der Waals surface area contributed by atoms with Crippen LogP contribution in [0, 0.1) is 11.6 Å². The number of pyridine rings is 1. The second-order valence-corrected chi connectivity index (χ2v) is 5.98. The summed E-state index contributed by atoms with van der Waals surface area (Å²) in [6, 6.07) is 7.19. The van der Waals surface area contributed by atoms with Crippen molar-refractivity contribution in [3.05, 3.63) is 60.4 Å². The number of hydrogen-bond acceptors (Lipinski definition) is 3. The molecule has 2 aromatic heterocycles. The molecule has 2 heterocycles. The van der Waals surface area contributed by atoms with E-state index in [9.17, 15) is 17.2 Å². The molecule has 0 radical (unpaired) electrons. The molecule has 0 aliphatic heterocycles. The molecule has 1 N–H and O–H groups in total. The number of hydrogen-bond donors (Lipinski definition) is 1. The maximum absolute atomic E-state index is 13.1. The first-order chi connectivity index (χ1) is 9.95. The van der Waals surface area contributed by atoms with E-state index in [0.717, 1.165) is 12.1 Å². The third-order valence-corrected chi connectivity index (χ3v) is 4.23. The second-order valence-electron chi connectivity index (χ2n) is 4.30. The lowest BCUT2D eigenvalue weighted by molar-refractivity contribution is 0.504. The molecule has 0 atom stereocenters. The van der Waals surface area contributed by atoms with Crippen molar-refractivity contribution >= 4 is 21.2 Å². The normalized spacial score (nSPS) is 11.7. The first-order valence-corrected chi connectivity index (χ1v) is 7.35. The van der Waals surface area contributed by atoms with Gasteiger partial charge in [-0.25, -0.2) is 21.7 Å². The van der Waals surface area contributed by atoms with Crippen LogP contribution in [0.2, 0.25) is 0 Å². The Kier molecular flexibility index (Phi) is 3.09. The fourth-order valence-corrected chi connectivity index (χ4v) is 2.90. The molecule has 5 nitrogen and oxygen atoms in total. The van der Waals surface area contributed by atoms with E-state index in [1.807, 2.05) is 0 Å². The Bertz CT molecular complexity index is 922. The third kappa shape index (κ3) is 2.57. The highest BCUT2D eigenvalue weighted by Gasteiger charge is 2.16. The van der Waals surface area contributed by atoms with Gasteiger partial charge in [-0.2, -0.15) is 5.10 Å². The number of anilines is 1. The van der Waals surface area contributed by atoms with Gasteiger partial charge in [0.1, 0.15) is 0 Å². The second kappa shape index (κ2) is 4.81. The van der Waals surface area contributed by atoms with Gasteiger partial charge in [-0.1, -0.05) is 0 Å². The van der Waals surface area contributed by atoms with Gasteiger partial charge in [0.25, 0.3) is 10.0 Å². The molecule has 0 bridgehead atoms. The molecule has 0 spiro atoms. The number of rotatable bonds is 3. The Balaban J connectivity index is 1.96. The summed E-state index contributed by atoms with van der Waals surface area (Å²) >= 11 is 0. The Morgan fingerprint density at radius 2 is 1.86 bits per heavy atom. The van der Waals surface area contributed by atoms with Gasteiger partial charge < -0.3 is 0 Å². The molecule has 8 heteroatoms. The van der Waals surface area contributed by atoms with Gasteiger partial charge in [0, 0.05) is 12.4 Å². The lowest BCUT2D eigenvalue weighted by Crippen LogP contribution is -2.13. The summed E-state index contributed by atoms with van der Waals surface area (Å²) in [5.41, 5.74) is 0.994. The molecule has 0 aliphatic rings. The van der Waals surface area contributed by atoms with Crippen LogP contribution in [0.15, 0.2) is 53.7 Å². The van der Waals surface area contributed by atoms with Crippen molar-refractivity contribution in [2.45, 2.75) is 4.90 Å². The first-order valence-electron chi connectivity index (χ1n) is 5.87. The van der Waals surface area contributed by atoms with Crippen LogP contribution in [0.3, 0.4) is 0 Å². The topological polar surface area (TPSA) is 63.5 Å². The number of benzene rings is 1. The zero-order chi connectivity index (χ0) is 15.0. The Hall–Kier alpha value is -2.48. The molecule has 108 valence electrons. The number of sulfonamides is 1. The lowest BCUT2D eigenvalue weighted by Gasteiger charge is -2.08. The molecule has 0 amide bonds. The van der Waals surface area contributed by atoms with Crippen LogP contribution < -0.4 is 4.72 Å². The average molecular weight is 309 g/mol. The van der Waals surface area contributed by atoms with Crippen LogP contribution in [0.4, 0.5) is 14.5 Å². The lowest BCUT2D eigenvalue weighted by atomic mass is 10.3. The highest BCUT2D eigenvalue weighted by molar-refractivity contribution is 7.92. The van der Waals surface area contributed by atoms with Crippen LogP contribution in [0.25, 0.3) is 5.52 Å². The van der Waals surface area contributed by atoms with Crippen LogP contribution in [0.5, 0.6) is 0 Å². The molecule has 0 unspecified atom stereocenters. The Labute approximate surface area is 118 Å². The van der Waals surface area contributed by atoms with Gasteiger partial charge in [-0.15, -0.1) is 0 Å². The van der Waals surface area contributed by atoms with Crippen LogP contribution in [-0.2, 0) is 10.0 Å². The number of aromatic nitrogens is 2. The molecule has 0 saturated carbocycles. The van der Waals surface area contributed by atoms with E-state index in [-0.39, 0.29) is 4.90 Å². The van der Waals surface area contributed by atoms with E-state index in [4.69, 9.17) is 0 Å². The van der Waals surface area contributed by atoms with Crippen molar-refractivity contribution in [3.8, 4) is 0 Å². The number of fused-ring (bicyclic) bond motifs is 1. The van der Waals surface area contributed by atoms with E-state index in [1.54, 1.807) is 29.0 Å². The fraction of sp³-hybridized carbons (Fsp3) is 0. The summed E-state index contributed by atoms with van der Waals surface area (Å²) in [6.07, 6.45) is 3.15. The molecule has 0 saturated heterocycles. The van der Waals surface area contributed by atoms with Crippen LogP contribution >= 0.6 is 0 Å². The molecule has 21 heavy (non-hydrogen) atoms. The van der Waals surface area contributed by atoms with Crippen LogP contribution in [-0.4, -0.2) is 18.0 Å².